The summed E-state index contributed by atoms with van der Waals surface area (Å²) >= 11 is 3.27. The molecule has 7 heteroatoms. The van der Waals surface area contributed by atoms with Crippen molar-refractivity contribution in [3.05, 3.63) is 52.8 Å². The molecule has 0 atom stereocenters. The van der Waals surface area contributed by atoms with Gasteiger partial charge in [-0.3, -0.25) is 4.79 Å². The lowest BCUT2D eigenvalue weighted by Gasteiger charge is -2.06. The van der Waals surface area contributed by atoms with Gasteiger partial charge in [-0.05, 0) is 49.1 Å². The molecule has 5 nitrogen and oxygen atoms in total. The van der Waals surface area contributed by atoms with Crippen LogP contribution in [0, 0.1) is 0 Å². The Hall–Kier alpha value is -2.25. The van der Waals surface area contributed by atoms with Crippen molar-refractivity contribution in [1.29, 1.82) is 0 Å². The molecule has 0 unspecified atom stereocenters. The predicted octanol–water partition coefficient (Wildman–Crippen LogP) is 5.38. The third-order valence-electron chi connectivity index (χ3n) is 4.70. The van der Waals surface area contributed by atoms with Crippen molar-refractivity contribution in [2.75, 3.05) is 25.7 Å². The van der Waals surface area contributed by atoms with Crippen molar-refractivity contribution in [1.82, 2.24) is 4.57 Å². The van der Waals surface area contributed by atoms with Gasteiger partial charge in [0.15, 0.2) is 4.80 Å². The molecule has 0 saturated heterocycles. The summed E-state index contributed by atoms with van der Waals surface area (Å²) in [7, 11) is 1.66. The van der Waals surface area contributed by atoms with Gasteiger partial charge in [-0.1, -0.05) is 37.2 Å². The second-order valence-corrected chi connectivity index (χ2v) is 8.86. The molecule has 3 rings (SSSR count). The van der Waals surface area contributed by atoms with Gasteiger partial charge >= 0.3 is 0 Å². The van der Waals surface area contributed by atoms with Gasteiger partial charge in [0.2, 0.25) is 0 Å². The molecule has 3 aromatic rings. The Bertz CT molecular complexity index is 1060. The van der Waals surface area contributed by atoms with Crippen molar-refractivity contribution in [3.8, 4) is 11.5 Å². The lowest BCUT2D eigenvalue weighted by molar-refractivity contribution is 0.0997. The zero-order valence-corrected chi connectivity index (χ0v) is 19.4. The molecule has 0 aliphatic heterocycles. The minimum absolute atomic E-state index is 0.259. The van der Waals surface area contributed by atoms with E-state index >= 15 is 0 Å². The van der Waals surface area contributed by atoms with Crippen molar-refractivity contribution in [3.63, 3.8) is 0 Å². The van der Waals surface area contributed by atoms with E-state index in [0.29, 0.717) is 22.7 Å². The molecule has 160 valence electrons. The Kier molecular flexibility index (Phi) is 8.39. The number of rotatable bonds is 10. The zero-order valence-electron chi connectivity index (χ0n) is 17.7. The molecule has 0 spiro atoms. The third kappa shape index (κ3) is 5.67. The van der Waals surface area contributed by atoms with E-state index < -0.39 is 0 Å². The Labute approximate surface area is 185 Å². The summed E-state index contributed by atoms with van der Waals surface area (Å²) in [6.45, 7) is 3.62. The van der Waals surface area contributed by atoms with E-state index in [9.17, 15) is 4.79 Å². The van der Waals surface area contributed by atoms with Crippen LogP contribution < -0.4 is 14.3 Å². The fraction of sp³-hybridized carbons (Fsp3) is 0.391. The number of methoxy groups -OCH3 is 1. The normalized spacial score (nSPS) is 11.8. The summed E-state index contributed by atoms with van der Waals surface area (Å²) in [6.07, 6.45) is 5.38. The number of benzene rings is 2. The fourth-order valence-corrected chi connectivity index (χ4v) is 4.53. The molecule has 1 aromatic heterocycles. The van der Waals surface area contributed by atoms with E-state index in [0.717, 1.165) is 47.5 Å². The third-order valence-corrected chi connectivity index (χ3v) is 6.34. The monoisotopic (exact) mass is 444 g/mol. The number of aromatic nitrogens is 1. The summed E-state index contributed by atoms with van der Waals surface area (Å²) in [6, 6.07) is 13.2. The number of hydrogen-bond acceptors (Lipinski definition) is 5. The summed E-state index contributed by atoms with van der Waals surface area (Å²) in [5.74, 6) is 2.20. The first-order valence-electron chi connectivity index (χ1n) is 10.1. The molecule has 0 aliphatic carbocycles. The Morgan fingerprint density at radius 1 is 1.17 bits per heavy atom. The summed E-state index contributed by atoms with van der Waals surface area (Å²) in [4.78, 5) is 18.1. The number of nitrogens with zero attached hydrogens (tertiary/aromatic N) is 2. The maximum Gasteiger partial charge on any atom is 0.279 e. The Morgan fingerprint density at radius 2 is 2.03 bits per heavy atom. The highest BCUT2D eigenvalue weighted by Crippen LogP contribution is 2.23. The second kappa shape index (κ2) is 11.2. The summed E-state index contributed by atoms with van der Waals surface area (Å²) < 4.78 is 14.3. The number of thioether (sulfide) groups is 1. The molecular formula is C23H28N2O3S2. The van der Waals surface area contributed by atoms with E-state index in [-0.39, 0.29) is 5.91 Å². The first kappa shape index (κ1) is 22.4. The first-order chi connectivity index (χ1) is 14.7. The van der Waals surface area contributed by atoms with E-state index in [4.69, 9.17) is 9.47 Å². The van der Waals surface area contributed by atoms with Crippen molar-refractivity contribution in [2.24, 2.45) is 4.99 Å². The number of unbranched alkanes of at least 4 members (excludes halogenated alkanes) is 2. The molecule has 0 fully saturated rings. The number of aryl methyl sites for hydroxylation is 1. The zero-order chi connectivity index (χ0) is 21.3. The maximum absolute atomic E-state index is 12.9. The molecule has 0 bridgehead atoms. The molecule has 1 amide bonds. The highest BCUT2D eigenvalue weighted by Gasteiger charge is 2.11. The number of thiazole rings is 1. The van der Waals surface area contributed by atoms with E-state index in [2.05, 4.69) is 22.7 Å². The standard InChI is InChI=1S/C23H28N2O3S2/c1-4-5-6-13-28-19-9-7-8-17(15-19)22(26)24-23-25(12-14-29-3)20-11-10-18(27-2)16-21(20)30-23/h7-11,15-16H,4-6,12-14H2,1-3H3. The topological polar surface area (TPSA) is 52.8 Å². The lowest BCUT2D eigenvalue weighted by Crippen LogP contribution is -2.18. The van der Waals surface area contributed by atoms with Crippen molar-refractivity contribution >= 4 is 39.2 Å². The number of hydrogen-bond donors (Lipinski definition) is 0. The molecule has 1 heterocycles. The van der Waals surface area contributed by atoms with E-state index in [1.807, 2.05) is 30.3 Å². The summed E-state index contributed by atoms with van der Waals surface area (Å²) in [5.41, 5.74) is 1.60. The van der Waals surface area contributed by atoms with Crippen LogP contribution in [0.3, 0.4) is 0 Å². The second-order valence-electron chi connectivity index (χ2n) is 6.86. The van der Waals surface area contributed by atoms with Crippen molar-refractivity contribution < 1.29 is 14.3 Å². The smallest absolute Gasteiger partial charge is 0.279 e. The largest absolute Gasteiger partial charge is 0.497 e. The predicted molar refractivity (Wildman–Crippen MR) is 126 cm³/mol. The van der Waals surface area contributed by atoms with Gasteiger partial charge in [0.1, 0.15) is 11.5 Å². The average Bonchev–Trinajstić information content (AvgIpc) is 3.11. The van der Waals surface area contributed by atoms with Gasteiger partial charge < -0.3 is 14.0 Å². The number of amides is 1. The van der Waals surface area contributed by atoms with Crippen LogP contribution in [0.4, 0.5) is 0 Å². The SMILES string of the molecule is CCCCCOc1cccc(C(=O)N=c2sc3cc(OC)ccc3n2CCSC)c1. The number of carbonyl (C=O) groups is 1. The quantitative estimate of drug-likeness (QED) is 0.394. The van der Waals surface area contributed by atoms with Crippen LogP contribution in [0.2, 0.25) is 0 Å². The maximum atomic E-state index is 12.9. The number of carbonyl (C=O) groups excluding carboxylic acids is 1. The lowest BCUT2D eigenvalue weighted by atomic mass is 10.2. The molecule has 0 aliphatic rings. The molecule has 0 N–H and O–H groups in total. The minimum Gasteiger partial charge on any atom is -0.497 e. The van der Waals surface area contributed by atoms with Crippen LogP contribution in [0.1, 0.15) is 36.5 Å². The number of fused-ring (bicyclic) bond motifs is 1. The van der Waals surface area contributed by atoms with Crippen LogP contribution in [0.5, 0.6) is 11.5 Å². The van der Waals surface area contributed by atoms with Crippen LogP contribution >= 0.6 is 23.1 Å². The fourth-order valence-electron chi connectivity index (χ4n) is 3.08. The van der Waals surface area contributed by atoms with Crippen molar-refractivity contribution in [2.45, 2.75) is 32.7 Å². The van der Waals surface area contributed by atoms with Gasteiger partial charge in [0.05, 0.1) is 23.9 Å². The molecule has 2 aromatic carbocycles. The van der Waals surface area contributed by atoms with Gasteiger partial charge in [-0.25, -0.2) is 0 Å². The highest BCUT2D eigenvalue weighted by molar-refractivity contribution is 7.98. The van der Waals surface area contributed by atoms with Crippen LogP contribution in [0.15, 0.2) is 47.5 Å². The molecular weight excluding hydrogens is 416 g/mol. The van der Waals surface area contributed by atoms with Gasteiger partial charge in [0, 0.05) is 17.9 Å². The highest BCUT2D eigenvalue weighted by atomic mass is 32.2. The van der Waals surface area contributed by atoms with Crippen LogP contribution in [-0.4, -0.2) is 36.2 Å². The van der Waals surface area contributed by atoms with E-state index in [1.165, 1.54) is 11.3 Å². The Morgan fingerprint density at radius 3 is 2.80 bits per heavy atom. The average molecular weight is 445 g/mol. The summed E-state index contributed by atoms with van der Waals surface area (Å²) in [5, 5.41) is 0. The Balaban J connectivity index is 1.90. The van der Waals surface area contributed by atoms with Crippen LogP contribution in [-0.2, 0) is 6.54 Å². The first-order valence-corrected chi connectivity index (χ1v) is 12.4. The molecule has 0 radical (unpaired) electrons. The van der Waals surface area contributed by atoms with Gasteiger partial charge in [-0.15, -0.1) is 0 Å². The van der Waals surface area contributed by atoms with Crippen LogP contribution in [0.25, 0.3) is 10.2 Å². The molecule has 0 saturated carbocycles. The minimum atomic E-state index is -0.259. The van der Waals surface area contributed by atoms with Gasteiger partial charge in [0.25, 0.3) is 5.91 Å². The van der Waals surface area contributed by atoms with Gasteiger partial charge in [-0.2, -0.15) is 16.8 Å². The number of ether oxygens (including phenoxy) is 2. The van der Waals surface area contributed by atoms with E-state index in [1.54, 1.807) is 31.0 Å². The molecule has 30 heavy (non-hydrogen) atoms.